The lowest BCUT2D eigenvalue weighted by Crippen LogP contribution is -2.67. The summed E-state index contributed by atoms with van der Waals surface area (Å²) >= 11 is 0. The second-order valence-electron chi connectivity index (χ2n) is 4.91. The zero-order valence-corrected chi connectivity index (χ0v) is 11.2. The van der Waals surface area contributed by atoms with Gasteiger partial charge in [0, 0.05) is 13.3 Å². The first-order valence-electron chi connectivity index (χ1n) is 6.18. The summed E-state index contributed by atoms with van der Waals surface area (Å²) in [6.07, 6.45) is -7.48. The molecule has 1 amide bonds. The molecule has 0 aromatic rings. The van der Waals surface area contributed by atoms with Gasteiger partial charge < -0.3 is 40.7 Å². The lowest BCUT2D eigenvalue weighted by Gasteiger charge is -2.44. The van der Waals surface area contributed by atoms with Crippen molar-refractivity contribution in [3.8, 4) is 0 Å². The Morgan fingerprint density at radius 2 is 2.00 bits per heavy atom. The van der Waals surface area contributed by atoms with E-state index in [0.717, 1.165) is 6.92 Å². The van der Waals surface area contributed by atoms with Crippen LogP contribution in [0.25, 0.3) is 0 Å². The van der Waals surface area contributed by atoms with Gasteiger partial charge in [-0.25, -0.2) is 4.79 Å². The van der Waals surface area contributed by atoms with Gasteiger partial charge in [0.15, 0.2) is 0 Å². The number of carbonyl (C=O) groups excluding carboxylic acids is 1. The molecule has 0 spiro atoms. The monoisotopic (exact) mass is 309 g/mol. The largest absolute Gasteiger partial charge is 0.477 e. The number of carbonyl (C=O) groups is 2. The van der Waals surface area contributed by atoms with Crippen LogP contribution in [0, 0.1) is 0 Å². The number of hydrogen-bond donors (Lipinski definition) is 7. The zero-order valence-electron chi connectivity index (χ0n) is 11.2. The van der Waals surface area contributed by atoms with Gasteiger partial charge in [-0.15, -0.1) is 0 Å². The number of rotatable bonds is 5. The molecule has 10 nitrogen and oxygen atoms in total. The van der Waals surface area contributed by atoms with Crippen molar-refractivity contribution in [2.75, 3.05) is 6.61 Å². The van der Waals surface area contributed by atoms with E-state index in [2.05, 4.69) is 5.32 Å². The van der Waals surface area contributed by atoms with Gasteiger partial charge in [0.1, 0.15) is 18.3 Å². The number of carboxylic acid groups (broad SMARTS) is 1. The van der Waals surface area contributed by atoms with Crippen LogP contribution in [0.2, 0.25) is 0 Å². The van der Waals surface area contributed by atoms with Crippen molar-refractivity contribution >= 4 is 11.9 Å². The third-order valence-corrected chi connectivity index (χ3v) is 3.21. The first-order valence-corrected chi connectivity index (χ1v) is 6.18. The maximum absolute atomic E-state index is 11.1. The van der Waals surface area contributed by atoms with E-state index in [0.29, 0.717) is 0 Å². The van der Waals surface area contributed by atoms with E-state index in [1.807, 2.05) is 0 Å². The van der Waals surface area contributed by atoms with Gasteiger partial charge in [0.25, 0.3) is 5.79 Å². The van der Waals surface area contributed by atoms with Crippen LogP contribution in [0.5, 0.6) is 0 Å². The summed E-state index contributed by atoms with van der Waals surface area (Å²) in [7, 11) is 0. The molecule has 1 aliphatic rings. The van der Waals surface area contributed by atoms with Crippen molar-refractivity contribution in [1.29, 1.82) is 0 Å². The highest BCUT2D eigenvalue weighted by Crippen LogP contribution is 2.30. The minimum Gasteiger partial charge on any atom is -0.477 e. The molecule has 0 saturated carbocycles. The predicted molar refractivity (Wildman–Crippen MR) is 64.8 cm³/mol. The quantitative estimate of drug-likeness (QED) is 0.268. The summed E-state index contributed by atoms with van der Waals surface area (Å²) in [6, 6.07) is -1.27. The van der Waals surface area contributed by atoms with Gasteiger partial charge in [-0.1, -0.05) is 0 Å². The number of amides is 1. The number of nitrogens with one attached hydrogen (secondary N) is 1. The van der Waals surface area contributed by atoms with E-state index < -0.39 is 61.1 Å². The summed E-state index contributed by atoms with van der Waals surface area (Å²) in [5.74, 6) is -5.17. The summed E-state index contributed by atoms with van der Waals surface area (Å²) in [5.41, 5.74) is 0. The number of ether oxygens (including phenoxy) is 1. The average Bonchev–Trinajstić information content (AvgIpc) is 2.39. The zero-order chi connectivity index (χ0) is 16.4. The Balaban J connectivity index is 3.07. The van der Waals surface area contributed by atoms with Crippen molar-refractivity contribution in [2.45, 2.75) is 49.6 Å². The van der Waals surface area contributed by atoms with E-state index >= 15 is 0 Å². The molecule has 0 unspecified atom stereocenters. The maximum Gasteiger partial charge on any atom is 0.364 e. The molecule has 0 aliphatic carbocycles. The van der Waals surface area contributed by atoms with Crippen LogP contribution in [0.3, 0.4) is 0 Å². The summed E-state index contributed by atoms with van der Waals surface area (Å²) < 4.78 is 4.86. The molecule has 0 aromatic heterocycles. The number of aliphatic carboxylic acids is 1. The third-order valence-electron chi connectivity index (χ3n) is 3.21. The number of carboxylic acids is 1. The smallest absolute Gasteiger partial charge is 0.364 e. The fourth-order valence-electron chi connectivity index (χ4n) is 2.14. The van der Waals surface area contributed by atoms with Gasteiger partial charge in [-0.2, -0.15) is 0 Å². The minimum absolute atomic E-state index is 0.598. The second-order valence-corrected chi connectivity index (χ2v) is 4.91. The van der Waals surface area contributed by atoms with Crippen LogP contribution < -0.4 is 5.32 Å². The average molecular weight is 309 g/mol. The van der Waals surface area contributed by atoms with Gasteiger partial charge in [0.2, 0.25) is 5.91 Å². The fourth-order valence-corrected chi connectivity index (χ4v) is 2.14. The fraction of sp³-hybridized carbons (Fsp3) is 0.818. The Morgan fingerprint density at radius 1 is 1.43 bits per heavy atom. The molecule has 21 heavy (non-hydrogen) atoms. The van der Waals surface area contributed by atoms with Crippen molar-refractivity contribution in [3.05, 3.63) is 0 Å². The Hall–Kier alpha value is -1.30. The van der Waals surface area contributed by atoms with E-state index in [9.17, 15) is 30.0 Å². The van der Waals surface area contributed by atoms with Gasteiger partial charge in [0.05, 0.1) is 18.8 Å². The number of hydrogen-bond acceptors (Lipinski definition) is 8. The molecule has 1 saturated heterocycles. The molecule has 6 atom stereocenters. The lowest BCUT2D eigenvalue weighted by atomic mass is 9.88. The Kier molecular flexibility index (Phi) is 5.61. The van der Waals surface area contributed by atoms with Crippen LogP contribution in [0.4, 0.5) is 0 Å². The van der Waals surface area contributed by atoms with Crippen molar-refractivity contribution in [1.82, 2.24) is 5.32 Å². The Bertz CT molecular complexity index is 403. The molecule has 1 rings (SSSR count). The summed E-state index contributed by atoms with van der Waals surface area (Å²) in [5, 5.41) is 59.0. The highest BCUT2D eigenvalue weighted by molar-refractivity contribution is 5.76. The topological polar surface area (TPSA) is 177 Å². The first-order chi connectivity index (χ1) is 9.62. The van der Waals surface area contributed by atoms with Crippen LogP contribution in [0.15, 0.2) is 0 Å². The van der Waals surface area contributed by atoms with Gasteiger partial charge in [-0.3, -0.25) is 4.79 Å². The van der Waals surface area contributed by atoms with E-state index in [1.54, 1.807) is 0 Å². The Morgan fingerprint density at radius 3 is 2.43 bits per heavy atom. The second kappa shape index (κ2) is 6.64. The van der Waals surface area contributed by atoms with Gasteiger partial charge >= 0.3 is 5.97 Å². The molecule has 0 radical (unpaired) electrons. The molecule has 1 aliphatic heterocycles. The minimum atomic E-state index is -2.78. The van der Waals surface area contributed by atoms with Crippen molar-refractivity contribution in [2.24, 2.45) is 0 Å². The Labute approximate surface area is 119 Å². The molecule has 10 heteroatoms. The highest BCUT2D eigenvalue weighted by atomic mass is 16.7. The lowest BCUT2D eigenvalue weighted by molar-refractivity contribution is -0.295. The molecule has 7 N–H and O–H groups in total. The maximum atomic E-state index is 11.1. The summed E-state index contributed by atoms with van der Waals surface area (Å²) in [6.45, 7) is 0.256. The van der Waals surface area contributed by atoms with Crippen molar-refractivity contribution in [3.63, 3.8) is 0 Å². The van der Waals surface area contributed by atoms with Crippen LogP contribution >= 0.6 is 0 Å². The normalized spacial score (nSPS) is 35.8. The molecule has 0 bridgehead atoms. The van der Waals surface area contributed by atoms with E-state index in [-0.39, 0.29) is 0 Å². The highest BCUT2D eigenvalue weighted by Gasteiger charge is 2.53. The molecule has 0 aromatic carbocycles. The molecular weight excluding hydrogens is 290 g/mol. The predicted octanol–water partition coefficient (Wildman–Crippen LogP) is -3.87. The third kappa shape index (κ3) is 3.87. The molecule has 122 valence electrons. The molecule has 1 heterocycles. The van der Waals surface area contributed by atoms with E-state index in [1.165, 1.54) is 0 Å². The van der Waals surface area contributed by atoms with Crippen molar-refractivity contribution < 1.29 is 45.0 Å². The molecular formula is C11H19NO9. The van der Waals surface area contributed by atoms with Crippen LogP contribution in [0.1, 0.15) is 13.3 Å². The van der Waals surface area contributed by atoms with Crippen LogP contribution in [-0.4, -0.2) is 85.4 Å². The SMILES string of the molecule is CC(=O)N[C@H]1[C@H]([C@@H](O)[C@@H](O)CO)O[C@](O)(C(=O)O)C[C@H]1O. The van der Waals surface area contributed by atoms with Crippen LogP contribution in [-0.2, 0) is 14.3 Å². The first kappa shape index (κ1) is 17.8. The summed E-state index contributed by atoms with van der Waals surface area (Å²) in [4.78, 5) is 22.1. The molecule has 1 fully saturated rings. The van der Waals surface area contributed by atoms with E-state index in [4.69, 9.17) is 14.9 Å². The standard InChI is InChI=1S/C11H19NO9/c1-4(14)12-7-5(15)2-11(20,10(18)19)21-9(7)8(17)6(16)3-13/h5-9,13,15-17,20H,2-3H2,1H3,(H,12,14)(H,18,19)/t5-,6+,7-,8+,9-,11+/m1/s1. The number of aliphatic hydroxyl groups is 5. The number of aliphatic hydroxyl groups excluding tert-OH is 4. The van der Waals surface area contributed by atoms with Gasteiger partial charge in [-0.05, 0) is 0 Å².